The number of piperidine rings is 1. The lowest BCUT2D eigenvalue weighted by Gasteiger charge is -2.34. The Bertz CT molecular complexity index is 1120. The average Bonchev–Trinajstić information content (AvgIpc) is 3.16. The zero-order chi connectivity index (χ0) is 22.2. The molecule has 31 heavy (non-hydrogen) atoms. The van der Waals surface area contributed by atoms with Gasteiger partial charge in [0.1, 0.15) is 0 Å². The van der Waals surface area contributed by atoms with Crippen LogP contribution >= 0.6 is 11.6 Å². The maximum Gasteiger partial charge on any atom is 0.322 e. The molecule has 0 radical (unpaired) electrons. The van der Waals surface area contributed by atoms with Crippen molar-refractivity contribution in [2.24, 2.45) is 0 Å². The van der Waals surface area contributed by atoms with Gasteiger partial charge in [-0.15, -0.1) is 0 Å². The van der Waals surface area contributed by atoms with Crippen LogP contribution in [-0.2, 0) is 16.3 Å². The molecule has 2 aliphatic heterocycles. The van der Waals surface area contributed by atoms with Crippen molar-refractivity contribution in [2.45, 2.75) is 30.2 Å². The van der Waals surface area contributed by atoms with Crippen molar-refractivity contribution >= 4 is 39.1 Å². The van der Waals surface area contributed by atoms with Crippen LogP contribution in [0.25, 0.3) is 0 Å². The summed E-state index contributed by atoms with van der Waals surface area (Å²) in [6.45, 7) is 1.62. The number of anilines is 1. The predicted molar refractivity (Wildman–Crippen MR) is 120 cm³/mol. The highest BCUT2D eigenvalue weighted by atomic mass is 35.5. The lowest BCUT2D eigenvalue weighted by molar-refractivity contribution is 0.0698. The van der Waals surface area contributed by atoms with Gasteiger partial charge in [0.2, 0.25) is 0 Å². The molecule has 1 N–H and O–H groups in total. The van der Waals surface area contributed by atoms with Gasteiger partial charge in [-0.05, 0) is 67.3 Å². The van der Waals surface area contributed by atoms with E-state index < -0.39 is 9.84 Å². The van der Waals surface area contributed by atoms with E-state index in [2.05, 4.69) is 5.32 Å². The monoisotopic (exact) mass is 461 g/mol. The minimum absolute atomic E-state index is 0.142. The molecule has 0 aliphatic carbocycles. The number of nitrogens with one attached hydrogen (secondary N) is 1. The summed E-state index contributed by atoms with van der Waals surface area (Å²) < 4.78 is 23.2. The zero-order valence-electron chi connectivity index (χ0n) is 17.2. The van der Waals surface area contributed by atoms with Crippen LogP contribution in [0.15, 0.2) is 47.4 Å². The molecule has 0 aromatic heterocycles. The Morgan fingerprint density at radius 3 is 2.55 bits per heavy atom. The molecule has 2 aromatic carbocycles. The number of hydrogen-bond acceptors (Lipinski definition) is 4. The van der Waals surface area contributed by atoms with Gasteiger partial charge in [0.25, 0.3) is 5.91 Å². The van der Waals surface area contributed by atoms with Gasteiger partial charge < -0.3 is 10.2 Å². The highest BCUT2D eigenvalue weighted by Crippen LogP contribution is 2.30. The summed E-state index contributed by atoms with van der Waals surface area (Å²) in [5, 5.41) is 3.72. The molecule has 1 saturated heterocycles. The Morgan fingerprint density at radius 1 is 1.10 bits per heavy atom. The molecule has 0 bridgehead atoms. The van der Waals surface area contributed by atoms with E-state index in [1.54, 1.807) is 15.9 Å². The van der Waals surface area contributed by atoms with Gasteiger partial charge >= 0.3 is 6.03 Å². The third-order valence-corrected chi connectivity index (χ3v) is 7.11. The number of halogens is 1. The van der Waals surface area contributed by atoms with Crippen molar-refractivity contribution < 1.29 is 18.0 Å². The molecule has 7 nitrogen and oxygen atoms in total. The molecular formula is C22H24ClN3O4S. The van der Waals surface area contributed by atoms with Gasteiger partial charge in [0, 0.05) is 48.2 Å². The van der Waals surface area contributed by atoms with E-state index in [-0.39, 0.29) is 22.9 Å². The normalized spacial score (nSPS) is 18.6. The fourth-order valence-corrected chi connectivity index (χ4v) is 4.97. The second-order valence-corrected chi connectivity index (χ2v) is 10.5. The van der Waals surface area contributed by atoms with E-state index >= 15 is 0 Å². The highest BCUT2D eigenvalue weighted by molar-refractivity contribution is 7.90. The van der Waals surface area contributed by atoms with Gasteiger partial charge in [-0.1, -0.05) is 11.6 Å². The molecule has 2 heterocycles. The second-order valence-electron chi connectivity index (χ2n) is 8.01. The number of rotatable bonds is 3. The van der Waals surface area contributed by atoms with Gasteiger partial charge in [-0.25, -0.2) is 13.2 Å². The summed E-state index contributed by atoms with van der Waals surface area (Å²) in [4.78, 5) is 29.4. The van der Waals surface area contributed by atoms with Crippen LogP contribution in [0.1, 0.15) is 28.8 Å². The minimum Gasteiger partial charge on any atom is -0.337 e. The molecule has 2 aromatic rings. The molecule has 9 heteroatoms. The summed E-state index contributed by atoms with van der Waals surface area (Å²) in [5.74, 6) is -0.167. The quantitative estimate of drug-likeness (QED) is 0.760. The van der Waals surface area contributed by atoms with E-state index in [0.717, 1.165) is 36.8 Å². The van der Waals surface area contributed by atoms with Crippen LogP contribution in [-0.4, -0.2) is 57.2 Å². The number of amides is 3. The number of sulfone groups is 1. The number of benzene rings is 2. The Balaban J connectivity index is 1.40. The molecule has 1 atom stereocenters. The van der Waals surface area contributed by atoms with Crippen LogP contribution in [0.4, 0.5) is 10.5 Å². The molecule has 4 rings (SSSR count). The fraction of sp³-hybridized carbons (Fsp3) is 0.364. The average molecular weight is 462 g/mol. The standard InChI is InChI=1S/C22H24ClN3O4S/c1-31(29,30)19-7-4-15(5-8-19)21(27)25-11-2-3-18(14-25)24-22(28)26-12-10-16-13-17(23)6-9-20(16)26/h4-9,13,18H,2-3,10-12,14H2,1H3,(H,24,28). The first-order valence-corrected chi connectivity index (χ1v) is 12.4. The van der Waals surface area contributed by atoms with E-state index in [4.69, 9.17) is 11.6 Å². The van der Waals surface area contributed by atoms with Crippen LogP contribution in [0.2, 0.25) is 5.02 Å². The predicted octanol–water partition coefficient (Wildman–Crippen LogP) is 3.12. The van der Waals surface area contributed by atoms with Crippen molar-refractivity contribution in [2.75, 3.05) is 30.8 Å². The minimum atomic E-state index is -3.31. The third kappa shape index (κ3) is 4.70. The molecule has 3 amide bonds. The van der Waals surface area contributed by atoms with Gasteiger partial charge in [-0.3, -0.25) is 9.69 Å². The van der Waals surface area contributed by atoms with Crippen molar-refractivity contribution in [3.63, 3.8) is 0 Å². The molecule has 2 aliphatic rings. The SMILES string of the molecule is CS(=O)(=O)c1ccc(C(=O)N2CCCC(NC(=O)N3CCc4cc(Cl)ccc43)C2)cc1. The number of carbonyl (C=O) groups is 2. The Morgan fingerprint density at radius 2 is 1.84 bits per heavy atom. The number of likely N-dealkylation sites (tertiary alicyclic amines) is 1. The van der Waals surface area contributed by atoms with Crippen molar-refractivity contribution in [1.29, 1.82) is 0 Å². The first kappa shape index (κ1) is 21.6. The van der Waals surface area contributed by atoms with E-state index in [9.17, 15) is 18.0 Å². The molecule has 1 unspecified atom stereocenters. The number of nitrogens with zero attached hydrogens (tertiary/aromatic N) is 2. The van der Waals surface area contributed by atoms with Crippen molar-refractivity contribution in [3.05, 3.63) is 58.6 Å². The first-order valence-electron chi connectivity index (χ1n) is 10.2. The summed E-state index contributed by atoms with van der Waals surface area (Å²) in [7, 11) is -3.31. The molecule has 164 valence electrons. The molecule has 0 saturated carbocycles. The number of hydrogen-bond donors (Lipinski definition) is 1. The summed E-state index contributed by atoms with van der Waals surface area (Å²) in [5.41, 5.74) is 2.36. The van der Waals surface area contributed by atoms with Crippen molar-refractivity contribution in [3.8, 4) is 0 Å². The highest BCUT2D eigenvalue weighted by Gasteiger charge is 2.30. The zero-order valence-corrected chi connectivity index (χ0v) is 18.7. The smallest absolute Gasteiger partial charge is 0.322 e. The maximum atomic E-state index is 12.9. The van der Waals surface area contributed by atoms with Crippen molar-refractivity contribution in [1.82, 2.24) is 10.2 Å². The van der Waals surface area contributed by atoms with Crippen LogP contribution in [0.3, 0.4) is 0 Å². The van der Waals surface area contributed by atoms with E-state index in [1.807, 2.05) is 12.1 Å². The Hall–Kier alpha value is -2.58. The summed E-state index contributed by atoms with van der Waals surface area (Å²) in [6.07, 6.45) is 3.48. The Labute approximate surface area is 186 Å². The topological polar surface area (TPSA) is 86.8 Å². The largest absolute Gasteiger partial charge is 0.337 e. The van der Waals surface area contributed by atoms with E-state index in [1.165, 1.54) is 24.3 Å². The van der Waals surface area contributed by atoms with Gasteiger partial charge in [-0.2, -0.15) is 0 Å². The fourth-order valence-electron chi connectivity index (χ4n) is 4.14. The summed E-state index contributed by atoms with van der Waals surface area (Å²) in [6, 6.07) is 11.2. The third-order valence-electron chi connectivity index (χ3n) is 5.75. The number of urea groups is 1. The second kappa shape index (κ2) is 8.51. The number of carbonyl (C=O) groups excluding carboxylic acids is 2. The van der Waals surface area contributed by atoms with Gasteiger partial charge in [0.05, 0.1) is 4.90 Å². The lowest BCUT2D eigenvalue weighted by Crippen LogP contribution is -2.52. The summed E-state index contributed by atoms with van der Waals surface area (Å²) >= 11 is 6.05. The number of fused-ring (bicyclic) bond motifs is 1. The molecule has 1 fully saturated rings. The Kier molecular flexibility index (Phi) is 5.94. The van der Waals surface area contributed by atoms with Crippen LogP contribution < -0.4 is 10.2 Å². The van der Waals surface area contributed by atoms with E-state index in [0.29, 0.717) is 30.2 Å². The van der Waals surface area contributed by atoms with Crippen LogP contribution in [0, 0.1) is 0 Å². The van der Waals surface area contributed by atoms with Crippen LogP contribution in [0.5, 0.6) is 0 Å². The molecular weight excluding hydrogens is 438 g/mol. The lowest BCUT2D eigenvalue weighted by atomic mass is 10.0. The maximum absolute atomic E-state index is 12.9. The molecule has 0 spiro atoms. The van der Waals surface area contributed by atoms with Gasteiger partial charge in [0.15, 0.2) is 9.84 Å². The first-order chi connectivity index (χ1) is 14.7.